The van der Waals surface area contributed by atoms with Crippen LogP contribution in [0.25, 0.3) is 0 Å². The molecular weight excluding hydrogens is 275 g/mol. The number of aliphatic hydroxyl groups excluding tert-OH is 1. The summed E-state index contributed by atoms with van der Waals surface area (Å²) in [4.78, 5) is 0. The van der Waals surface area contributed by atoms with E-state index in [1.54, 1.807) is 25.3 Å². The van der Waals surface area contributed by atoms with E-state index in [0.29, 0.717) is 10.0 Å². The van der Waals surface area contributed by atoms with E-state index in [9.17, 15) is 9.50 Å². The van der Waals surface area contributed by atoms with Crippen molar-refractivity contribution >= 4 is 15.9 Å². The Balaban J connectivity index is 2.33. The van der Waals surface area contributed by atoms with Crippen molar-refractivity contribution in [2.24, 2.45) is 0 Å². The van der Waals surface area contributed by atoms with Gasteiger partial charge in [-0.3, -0.25) is 0 Å². The van der Waals surface area contributed by atoms with E-state index in [1.807, 2.05) is 0 Å². The van der Waals surface area contributed by atoms with Crippen LogP contribution in [0.3, 0.4) is 0 Å². The van der Waals surface area contributed by atoms with Gasteiger partial charge in [-0.2, -0.15) is 0 Å². The van der Waals surface area contributed by atoms with Crippen molar-refractivity contribution in [3.05, 3.63) is 34.1 Å². The zero-order valence-electron chi connectivity index (χ0n) is 9.04. The van der Waals surface area contributed by atoms with Gasteiger partial charge >= 0.3 is 0 Å². The molecule has 2 rings (SSSR count). The van der Waals surface area contributed by atoms with E-state index < -0.39 is 17.5 Å². The Hall–Kier alpha value is -0.450. The quantitative estimate of drug-likeness (QED) is 0.926. The van der Waals surface area contributed by atoms with Gasteiger partial charge in [0.05, 0.1) is 10.1 Å². The highest BCUT2D eigenvalue weighted by Gasteiger charge is 2.45. The lowest BCUT2D eigenvalue weighted by molar-refractivity contribution is -0.152. The molecule has 1 aliphatic rings. The van der Waals surface area contributed by atoms with Crippen molar-refractivity contribution in [3.8, 4) is 0 Å². The number of benzene rings is 1. The average Bonchev–Trinajstić information content (AvgIpc) is 2.21. The summed E-state index contributed by atoms with van der Waals surface area (Å²) >= 11 is 3.12. The number of aliphatic hydroxyl groups is 1. The molecule has 1 saturated carbocycles. The van der Waals surface area contributed by atoms with Crippen LogP contribution in [0.5, 0.6) is 0 Å². The van der Waals surface area contributed by atoms with Crippen LogP contribution in [0.2, 0.25) is 0 Å². The fraction of sp³-hybridized carbons (Fsp3) is 0.500. The summed E-state index contributed by atoms with van der Waals surface area (Å²) in [6, 6.07) is 4.93. The molecule has 1 fully saturated rings. The average molecular weight is 289 g/mol. The number of hydrogen-bond donors (Lipinski definition) is 1. The fourth-order valence-electron chi connectivity index (χ4n) is 2.13. The predicted molar refractivity (Wildman–Crippen MR) is 62.7 cm³/mol. The van der Waals surface area contributed by atoms with Gasteiger partial charge in [0, 0.05) is 12.7 Å². The van der Waals surface area contributed by atoms with E-state index in [1.165, 1.54) is 0 Å². The fourth-order valence-corrected chi connectivity index (χ4v) is 2.51. The molecule has 1 aromatic carbocycles. The maximum Gasteiger partial charge on any atom is 0.143 e. The maximum absolute atomic E-state index is 13.8. The summed E-state index contributed by atoms with van der Waals surface area (Å²) < 4.78 is 19.5. The van der Waals surface area contributed by atoms with E-state index in [0.717, 1.165) is 19.3 Å². The molecule has 0 aliphatic heterocycles. The largest absolute Gasteiger partial charge is 0.385 e. The minimum atomic E-state index is -0.899. The Kier molecular flexibility index (Phi) is 3.33. The lowest BCUT2D eigenvalue weighted by atomic mass is 9.73. The van der Waals surface area contributed by atoms with Crippen LogP contribution in [0.1, 0.15) is 30.9 Å². The number of rotatable bonds is 3. The van der Waals surface area contributed by atoms with Crippen LogP contribution >= 0.6 is 15.9 Å². The molecule has 0 heterocycles. The number of methoxy groups -OCH3 is 1. The lowest BCUT2D eigenvalue weighted by Gasteiger charge is -2.44. The van der Waals surface area contributed by atoms with Crippen molar-refractivity contribution in [1.82, 2.24) is 0 Å². The Morgan fingerprint density at radius 3 is 2.69 bits per heavy atom. The second-order valence-electron chi connectivity index (χ2n) is 4.17. The summed E-state index contributed by atoms with van der Waals surface area (Å²) in [7, 11) is 1.57. The van der Waals surface area contributed by atoms with E-state index in [-0.39, 0.29) is 0 Å². The van der Waals surface area contributed by atoms with E-state index >= 15 is 0 Å². The zero-order valence-corrected chi connectivity index (χ0v) is 10.6. The van der Waals surface area contributed by atoms with Crippen LogP contribution in [-0.2, 0) is 4.74 Å². The molecule has 1 unspecified atom stereocenters. The SMILES string of the molecule is COC1(C(O)c2cccc(Br)c2F)CCC1. The van der Waals surface area contributed by atoms with Crippen molar-refractivity contribution in [2.75, 3.05) is 7.11 Å². The van der Waals surface area contributed by atoms with Gasteiger partial charge in [0.25, 0.3) is 0 Å². The molecule has 1 atom stereocenters. The van der Waals surface area contributed by atoms with Gasteiger partial charge in [-0.15, -0.1) is 0 Å². The van der Waals surface area contributed by atoms with Gasteiger partial charge in [-0.1, -0.05) is 12.1 Å². The summed E-state index contributed by atoms with van der Waals surface area (Å²) in [5, 5.41) is 10.2. The van der Waals surface area contributed by atoms with Gasteiger partial charge < -0.3 is 9.84 Å². The van der Waals surface area contributed by atoms with E-state index in [4.69, 9.17) is 4.74 Å². The third-order valence-electron chi connectivity index (χ3n) is 3.38. The molecule has 4 heteroatoms. The predicted octanol–water partition coefficient (Wildman–Crippen LogP) is 3.19. The highest BCUT2D eigenvalue weighted by Crippen LogP contribution is 2.45. The number of ether oxygens (including phenoxy) is 1. The van der Waals surface area contributed by atoms with Crippen molar-refractivity contribution < 1.29 is 14.2 Å². The van der Waals surface area contributed by atoms with Gasteiger partial charge in [0.2, 0.25) is 0 Å². The summed E-state index contributed by atoms with van der Waals surface area (Å²) in [5.41, 5.74) is -0.294. The zero-order chi connectivity index (χ0) is 11.8. The first-order chi connectivity index (χ1) is 7.60. The van der Waals surface area contributed by atoms with Crippen molar-refractivity contribution in [1.29, 1.82) is 0 Å². The first-order valence-electron chi connectivity index (χ1n) is 5.28. The normalized spacial score (nSPS) is 20.2. The standard InChI is InChI=1S/C12H14BrFO2/c1-16-12(6-3-7-12)11(15)8-4-2-5-9(13)10(8)14/h2,4-5,11,15H,3,6-7H2,1H3. The first-order valence-corrected chi connectivity index (χ1v) is 6.07. The number of halogens is 2. The molecule has 0 bridgehead atoms. The van der Waals surface area contributed by atoms with Crippen molar-refractivity contribution in [3.63, 3.8) is 0 Å². The Bertz CT molecular complexity index is 385. The molecule has 16 heavy (non-hydrogen) atoms. The smallest absolute Gasteiger partial charge is 0.143 e. The first kappa shape index (κ1) is 12.0. The minimum Gasteiger partial charge on any atom is -0.385 e. The van der Waals surface area contributed by atoms with Crippen molar-refractivity contribution in [2.45, 2.75) is 31.0 Å². The third kappa shape index (κ3) is 1.79. The molecule has 0 aromatic heterocycles. The second-order valence-corrected chi connectivity index (χ2v) is 5.02. The second kappa shape index (κ2) is 4.43. The molecule has 0 spiro atoms. The summed E-state index contributed by atoms with van der Waals surface area (Å²) in [5.74, 6) is -0.404. The van der Waals surface area contributed by atoms with Crippen LogP contribution in [-0.4, -0.2) is 17.8 Å². The highest BCUT2D eigenvalue weighted by atomic mass is 79.9. The monoisotopic (exact) mass is 288 g/mol. The van der Waals surface area contributed by atoms with Gasteiger partial charge in [0.1, 0.15) is 11.9 Å². The lowest BCUT2D eigenvalue weighted by Crippen LogP contribution is -2.45. The van der Waals surface area contributed by atoms with Gasteiger partial charge in [0.15, 0.2) is 0 Å². The number of hydrogen-bond acceptors (Lipinski definition) is 2. The molecule has 0 radical (unpaired) electrons. The molecule has 1 aliphatic carbocycles. The Morgan fingerprint density at radius 2 is 2.19 bits per heavy atom. The molecule has 1 aromatic rings. The van der Waals surface area contributed by atoms with Gasteiger partial charge in [-0.25, -0.2) is 4.39 Å². The van der Waals surface area contributed by atoms with Crippen LogP contribution in [0.4, 0.5) is 4.39 Å². The minimum absolute atomic E-state index is 0.302. The molecule has 0 amide bonds. The third-order valence-corrected chi connectivity index (χ3v) is 3.99. The Labute approximate surface area is 103 Å². The Morgan fingerprint density at radius 1 is 1.50 bits per heavy atom. The summed E-state index contributed by atoms with van der Waals surface area (Å²) in [6.07, 6.45) is 1.66. The van der Waals surface area contributed by atoms with E-state index in [2.05, 4.69) is 15.9 Å². The molecule has 88 valence electrons. The maximum atomic E-state index is 13.8. The van der Waals surface area contributed by atoms with Gasteiger partial charge in [-0.05, 0) is 41.3 Å². The highest BCUT2D eigenvalue weighted by molar-refractivity contribution is 9.10. The molecule has 2 nitrogen and oxygen atoms in total. The molecule has 1 N–H and O–H groups in total. The molecule has 0 saturated heterocycles. The summed E-state index contributed by atoms with van der Waals surface area (Å²) in [6.45, 7) is 0. The topological polar surface area (TPSA) is 29.5 Å². The molecular formula is C12H14BrFO2. The van der Waals surface area contributed by atoms with Crippen LogP contribution in [0, 0.1) is 5.82 Å². The van der Waals surface area contributed by atoms with Crippen LogP contribution < -0.4 is 0 Å². The van der Waals surface area contributed by atoms with Crippen LogP contribution in [0.15, 0.2) is 22.7 Å².